The highest BCUT2D eigenvalue weighted by atomic mass is 19.1. The molecule has 0 saturated heterocycles. The summed E-state index contributed by atoms with van der Waals surface area (Å²) in [7, 11) is 0. The maximum Gasteiger partial charge on any atom is 0.123 e. The lowest BCUT2D eigenvalue weighted by Gasteiger charge is -2.17. The lowest BCUT2D eigenvalue weighted by atomic mass is 10.1. The minimum Gasteiger partial charge on any atom is -0.376 e. The molecule has 1 rings (SSSR count). The van der Waals surface area contributed by atoms with E-state index in [0.717, 1.165) is 5.56 Å². The Morgan fingerprint density at radius 1 is 1.24 bits per heavy atom. The third-order valence-electron chi connectivity index (χ3n) is 2.29. The molecule has 0 fully saturated rings. The van der Waals surface area contributed by atoms with E-state index in [4.69, 9.17) is 15.2 Å². The molecular formula is C13H20FNO2. The highest BCUT2D eigenvalue weighted by molar-refractivity contribution is 5.19. The number of hydrogen-bond acceptors (Lipinski definition) is 3. The van der Waals surface area contributed by atoms with Crippen molar-refractivity contribution in [3.63, 3.8) is 0 Å². The van der Waals surface area contributed by atoms with Crippen LogP contribution in [0.1, 0.15) is 25.5 Å². The van der Waals surface area contributed by atoms with Gasteiger partial charge in [0.05, 0.1) is 25.4 Å². The molecule has 1 aromatic rings. The van der Waals surface area contributed by atoms with Crippen molar-refractivity contribution in [2.45, 2.75) is 26.1 Å². The molecule has 0 aromatic heterocycles. The summed E-state index contributed by atoms with van der Waals surface area (Å²) >= 11 is 0. The first-order chi connectivity index (χ1) is 8.13. The van der Waals surface area contributed by atoms with Crippen LogP contribution in [0.4, 0.5) is 4.39 Å². The molecule has 0 heterocycles. The van der Waals surface area contributed by atoms with E-state index >= 15 is 0 Å². The van der Waals surface area contributed by atoms with Crippen LogP contribution in [0.5, 0.6) is 0 Å². The monoisotopic (exact) mass is 241 g/mol. The zero-order valence-electron chi connectivity index (χ0n) is 10.4. The summed E-state index contributed by atoms with van der Waals surface area (Å²) in [6, 6.07) is 6.31. The Morgan fingerprint density at radius 2 is 1.94 bits per heavy atom. The second-order valence-electron chi connectivity index (χ2n) is 4.07. The average Bonchev–Trinajstić information content (AvgIpc) is 2.29. The van der Waals surface area contributed by atoms with Gasteiger partial charge in [0.1, 0.15) is 5.82 Å². The van der Waals surface area contributed by atoms with Crippen molar-refractivity contribution in [2.24, 2.45) is 5.73 Å². The molecule has 0 radical (unpaired) electrons. The molecule has 96 valence electrons. The van der Waals surface area contributed by atoms with Gasteiger partial charge >= 0.3 is 0 Å². The summed E-state index contributed by atoms with van der Waals surface area (Å²) in [4.78, 5) is 0. The van der Waals surface area contributed by atoms with Crippen LogP contribution in [-0.4, -0.2) is 25.9 Å². The topological polar surface area (TPSA) is 44.5 Å². The number of halogens is 1. The maximum atomic E-state index is 13.0. The molecule has 0 saturated carbocycles. The van der Waals surface area contributed by atoms with Crippen LogP contribution in [0.3, 0.4) is 0 Å². The molecule has 4 heteroatoms. The van der Waals surface area contributed by atoms with Crippen LogP contribution >= 0.6 is 0 Å². The van der Waals surface area contributed by atoms with E-state index in [1.54, 1.807) is 6.07 Å². The number of benzene rings is 1. The minimum atomic E-state index is -0.276. The Kier molecular flexibility index (Phi) is 6.11. The van der Waals surface area contributed by atoms with E-state index in [1.807, 2.05) is 19.9 Å². The number of rotatable bonds is 7. The number of nitrogens with two attached hydrogens (primary N) is 1. The summed E-state index contributed by atoms with van der Waals surface area (Å²) < 4.78 is 24.0. The Balaban J connectivity index is 2.43. The van der Waals surface area contributed by atoms with Crippen LogP contribution in [0.2, 0.25) is 0 Å². The van der Waals surface area contributed by atoms with E-state index in [9.17, 15) is 4.39 Å². The van der Waals surface area contributed by atoms with Crippen molar-refractivity contribution in [2.75, 3.05) is 19.8 Å². The summed E-state index contributed by atoms with van der Waals surface area (Å²) in [6.07, 6.45) is -0.0921. The van der Waals surface area contributed by atoms with Gasteiger partial charge in [-0.3, -0.25) is 0 Å². The highest BCUT2D eigenvalue weighted by Gasteiger charge is 2.10. The summed E-state index contributed by atoms with van der Waals surface area (Å²) in [5.41, 5.74) is 6.37. The maximum absolute atomic E-state index is 13.0. The third kappa shape index (κ3) is 5.26. The summed E-state index contributed by atoms with van der Waals surface area (Å²) in [5.74, 6) is -0.275. The average molecular weight is 241 g/mol. The molecular weight excluding hydrogens is 221 g/mol. The fourth-order valence-corrected chi connectivity index (χ4v) is 1.48. The molecule has 0 aliphatic rings. The van der Waals surface area contributed by atoms with Gasteiger partial charge in [0.25, 0.3) is 0 Å². The van der Waals surface area contributed by atoms with Gasteiger partial charge < -0.3 is 15.2 Å². The SMILES string of the molecule is CC(C)OCCOC(CN)c1cccc(F)c1. The van der Waals surface area contributed by atoms with Gasteiger partial charge in [-0.1, -0.05) is 12.1 Å². The van der Waals surface area contributed by atoms with Crippen molar-refractivity contribution in [3.8, 4) is 0 Å². The fourth-order valence-electron chi connectivity index (χ4n) is 1.48. The van der Waals surface area contributed by atoms with Gasteiger partial charge in [0.15, 0.2) is 0 Å². The summed E-state index contributed by atoms with van der Waals surface area (Å²) in [5, 5.41) is 0. The quantitative estimate of drug-likeness (QED) is 0.745. The van der Waals surface area contributed by atoms with E-state index in [-0.39, 0.29) is 18.0 Å². The van der Waals surface area contributed by atoms with Crippen LogP contribution in [0, 0.1) is 5.82 Å². The predicted octanol–water partition coefficient (Wildman–Crippen LogP) is 2.27. The molecule has 1 unspecified atom stereocenters. The van der Waals surface area contributed by atoms with Gasteiger partial charge in [-0.05, 0) is 31.5 Å². The standard InChI is InChI=1S/C13H20FNO2/c1-10(2)16-6-7-17-13(9-15)11-4-3-5-12(14)8-11/h3-5,8,10,13H,6-7,9,15H2,1-2H3. The van der Waals surface area contributed by atoms with Crippen LogP contribution in [-0.2, 0) is 9.47 Å². The third-order valence-corrected chi connectivity index (χ3v) is 2.29. The van der Waals surface area contributed by atoms with E-state index in [1.165, 1.54) is 12.1 Å². The lowest BCUT2D eigenvalue weighted by molar-refractivity contribution is -0.0105. The molecule has 0 aliphatic heterocycles. The Morgan fingerprint density at radius 3 is 2.53 bits per heavy atom. The molecule has 0 amide bonds. The van der Waals surface area contributed by atoms with Crippen molar-refractivity contribution in [3.05, 3.63) is 35.6 Å². The van der Waals surface area contributed by atoms with E-state index in [2.05, 4.69) is 0 Å². The zero-order chi connectivity index (χ0) is 12.7. The first kappa shape index (κ1) is 14.1. The van der Waals surface area contributed by atoms with Crippen molar-refractivity contribution < 1.29 is 13.9 Å². The second-order valence-corrected chi connectivity index (χ2v) is 4.07. The smallest absolute Gasteiger partial charge is 0.123 e. The lowest BCUT2D eigenvalue weighted by Crippen LogP contribution is -2.19. The first-order valence-corrected chi connectivity index (χ1v) is 5.82. The Bertz CT molecular complexity index is 331. The largest absolute Gasteiger partial charge is 0.376 e. The molecule has 0 aliphatic carbocycles. The molecule has 2 N–H and O–H groups in total. The second kappa shape index (κ2) is 7.37. The molecule has 1 atom stereocenters. The van der Waals surface area contributed by atoms with Gasteiger partial charge in [0.2, 0.25) is 0 Å². The van der Waals surface area contributed by atoms with Crippen LogP contribution in [0.15, 0.2) is 24.3 Å². The first-order valence-electron chi connectivity index (χ1n) is 5.82. The highest BCUT2D eigenvalue weighted by Crippen LogP contribution is 2.16. The van der Waals surface area contributed by atoms with Gasteiger partial charge in [0, 0.05) is 6.54 Å². The molecule has 0 bridgehead atoms. The van der Waals surface area contributed by atoms with Gasteiger partial charge in [-0.15, -0.1) is 0 Å². The predicted molar refractivity (Wildman–Crippen MR) is 65.2 cm³/mol. The van der Waals surface area contributed by atoms with Crippen LogP contribution in [0.25, 0.3) is 0 Å². The normalized spacial score (nSPS) is 13.0. The number of hydrogen-bond donors (Lipinski definition) is 1. The minimum absolute atomic E-state index is 0.184. The number of ether oxygens (including phenoxy) is 2. The van der Waals surface area contributed by atoms with Crippen LogP contribution < -0.4 is 5.73 Å². The van der Waals surface area contributed by atoms with Crippen molar-refractivity contribution >= 4 is 0 Å². The van der Waals surface area contributed by atoms with Gasteiger partial charge in [-0.25, -0.2) is 4.39 Å². The van der Waals surface area contributed by atoms with E-state index in [0.29, 0.717) is 19.8 Å². The molecule has 17 heavy (non-hydrogen) atoms. The van der Waals surface area contributed by atoms with Crippen molar-refractivity contribution in [1.82, 2.24) is 0 Å². The Hall–Kier alpha value is -0.970. The molecule has 3 nitrogen and oxygen atoms in total. The van der Waals surface area contributed by atoms with Gasteiger partial charge in [-0.2, -0.15) is 0 Å². The zero-order valence-corrected chi connectivity index (χ0v) is 10.4. The van der Waals surface area contributed by atoms with Crippen molar-refractivity contribution in [1.29, 1.82) is 0 Å². The van der Waals surface area contributed by atoms with E-state index < -0.39 is 0 Å². The fraction of sp³-hybridized carbons (Fsp3) is 0.538. The molecule has 0 spiro atoms. The molecule has 1 aromatic carbocycles. The Labute approximate surface area is 102 Å². The summed E-state index contributed by atoms with van der Waals surface area (Å²) in [6.45, 7) is 5.23.